The lowest BCUT2D eigenvalue weighted by molar-refractivity contribution is 0.0224. The van der Waals surface area contributed by atoms with Crippen molar-refractivity contribution >= 4 is 5.97 Å². The number of aromatic hydroxyl groups is 3. The Balaban J connectivity index is 1.68. The molecule has 0 aromatic heterocycles. The van der Waals surface area contributed by atoms with Crippen LogP contribution in [0.15, 0.2) is 78.9 Å². The van der Waals surface area contributed by atoms with E-state index in [0.717, 1.165) is 5.56 Å². The Kier molecular flexibility index (Phi) is 3.60. The minimum absolute atomic E-state index is 0.00453. The Bertz CT molecular complexity index is 1370. The van der Waals surface area contributed by atoms with Crippen LogP contribution in [0.25, 0.3) is 11.1 Å². The van der Waals surface area contributed by atoms with Crippen molar-refractivity contribution in [2.75, 3.05) is 0 Å². The van der Waals surface area contributed by atoms with E-state index in [2.05, 4.69) is 0 Å². The standard InChI is InChI=1S/C26H16O6/c27-15-6-4-14(5-7-15)18-2-1-3-21-24(18)25(30)32-26(21)19-10-8-16(28)12-22(19)31-23-13-17(29)9-11-20(23)26/h1-13,27-29H. The van der Waals surface area contributed by atoms with E-state index < -0.39 is 11.6 Å². The zero-order chi connectivity index (χ0) is 22.0. The summed E-state index contributed by atoms with van der Waals surface area (Å²) in [7, 11) is 0. The van der Waals surface area contributed by atoms with Crippen LogP contribution >= 0.6 is 0 Å². The largest absolute Gasteiger partial charge is 0.508 e. The molecule has 0 saturated carbocycles. The van der Waals surface area contributed by atoms with Gasteiger partial charge < -0.3 is 24.8 Å². The van der Waals surface area contributed by atoms with Gasteiger partial charge in [-0.1, -0.05) is 30.3 Å². The number of phenolic OH excluding ortho intramolecular Hbond substituents is 3. The summed E-state index contributed by atoms with van der Waals surface area (Å²) in [6.45, 7) is 0. The van der Waals surface area contributed by atoms with Gasteiger partial charge in [-0.15, -0.1) is 0 Å². The molecule has 0 amide bonds. The van der Waals surface area contributed by atoms with Crippen LogP contribution in [0.1, 0.15) is 27.0 Å². The highest BCUT2D eigenvalue weighted by molar-refractivity contribution is 6.03. The summed E-state index contributed by atoms with van der Waals surface area (Å²) >= 11 is 0. The first-order valence-corrected chi connectivity index (χ1v) is 9.98. The minimum atomic E-state index is -1.30. The van der Waals surface area contributed by atoms with Crippen molar-refractivity contribution < 1.29 is 29.6 Å². The third-order valence-electron chi connectivity index (χ3n) is 5.98. The van der Waals surface area contributed by atoms with Crippen molar-refractivity contribution in [2.45, 2.75) is 5.60 Å². The monoisotopic (exact) mass is 424 g/mol. The first-order valence-electron chi connectivity index (χ1n) is 9.98. The van der Waals surface area contributed by atoms with Gasteiger partial charge in [0.15, 0.2) is 5.60 Å². The second-order valence-electron chi connectivity index (χ2n) is 7.81. The van der Waals surface area contributed by atoms with E-state index in [0.29, 0.717) is 39.3 Å². The van der Waals surface area contributed by atoms with Gasteiger partial charge in [0.2, 0.25) is 0 Å². The fourth-order valence-electron chi connectivity index (χ4n) is 4.63. The van der Waals surface area contributed by atoms with Crippen LogP contribution in [-0.4, -0.2) is 21.3 Å². The van der Waals surface area contributed by atoms with Gasteiger partial charge in [0.25, 0.3) is 0 Å². The lowest BCUT2D eigenvalue weighted by Crippen LogP contribution is -2.32. The molecule has 6 nitrogen and oxygen atoms in total. The van der Waals surface area contributed by atoms with Gasteiger partial charge in [-0.3, -0.25) is 0 Å². The number of benzene rings is 4. The Hall–Kier alpha value is -4.45. The summed E-state index contributed by atoms with van der Waals surface area (Å²) in [5.41, 5.74) is 2.33. The number of hydrogen-bond acceptors (Lipinski definition) is 6. The molecule has 156 valence electrons. The zero-order valence-electron chi connectivity index (χ0n) is 16.6. The van der Waals surface area contributed by atoms with E-state index in [9.17, 15) is 20.1 Å². The molecule has 0 unspecified atom stereocenters. The Morgan fingerprint density at radius 2 is 1.25 bits per heavy atom. The van der Waals surface area contributed by atoms with Crippen molar-refractivity contribution in [3.63, 3.8) is 0 Å². The summed E-state index contributed by atoms with van der Waals surface area (Å²) in [6.07, 6.45) is 0. The first-order chi connectivity index (χ1) is 15.5. The average molecular weight is 424 g/mol. The lowest BCUT2D eigenvalue weighted by atomic mass is 9.76. The fourth-order valence-corrected chi connectivity index (χ4v) is 4.63. The van der Waals surface area contributed by atoms with Crippen LogP contribution in [-0.2, 0) is 10.3 Å². The molecule has 2 heterocycles. The zero-order valence-corrected chi connectivity index (χ0v) is 16.6. The summed E-state index contributed by atoms with van der Waals surface area (Å²) in [4.78, 5) is 13.3. The summed E-state index contributed by atoms with van der Waals surface area (Å²) in [5.74, 6) is 0.309. The molecule has 32 heavy (non-hydrogen) atoms. The number of hydrogen-bond donors (Lipinski definition) is 3. The number of esters is 1. The number of ether oxygens (including phenoxy) is 2. The third kappa shape index (κ3) is 2.37. The fraction of sp³-hybridized carbons (Fsp3) is 0.0385. The van der Waals surface area contributed by atoms with Crippen LogP contribution in [0.4, 0.5) is 0 Å². The van der Waals surface area contributed by atoms with Gasteiger partial charge in [-0.25, -0.2) is 4.79 Å². The van der Waals surface area contributed by atoms with Gasteiger partial charge in [0, 0.05) is 28.8 Å². The predicted octanol–water partition coefficient (Wildman–Crippen LogP) is 5.04. The van der Waals surface area contributed by atoms with Gasteiger partial charge in [0.05, 0.1) is 5.56 Å². The smallest absolute Gasteiger partial charge is 0.340 e. The molecule has 2 aliphatic heterocycles. The molecule has 4 aromatic carbocycles. The molecule has 0 bridgehead atoms. The normalized spacial score (nSPS) is 14.8. The number of fused-ring (bicyclic) bond motifs is 6. The van der Waals surface area contributed by atoms with Gasteiger partial charge in [0.1, 0.15) is 28.7 Å². The van der Waals surface area contributed by atoms with E-state index in [1.54, 1.807) is 36.4 Å². The highest BCUT2D eigenvalue weighted by Gasteiger charge is 2.54. The quantitative estimate of drug-likeness (QED) is 0.371. The molecule has 1 spiro atoms. The SMILES string of the molecule is O=C1OC2(c3ccc(O)cc3Oc3cc(O)ccc32)c2cccc(-c3ccc(O)cc3)c21. The van der Waals surface area contributed by atoms with Crippen LogP contribution in [0, 0.1) is 0 Å². The van der Waals surface area contributed by atoms with Crippen LogP contribution < -0.4 is 4.74 Å². The molecule has 3 N–H and O–H groups in total. The second-order valence-corrected chi connectivity index (χ2v) is 7.81. The summed E-state index contributed by atoms with van der Waals surface area (Å²) in [6, 6.07) is 21.4. The van der Waals surface area contributed by atoms with Crippen molar-refractivity contribution in [2.24, 2.45) is 0 Å². The molecular weight excluding hydrogens is 408 g/mol. The van der Waals surface area contributed by atoms with Gasteiger partial charge in [-0.05, 0) is 47.5 Å². The van der Waals surface area contributed by atoms with Crippen LogP contribution in [0.5, 0.6) is 28.7 Å². The molecule has 2 aliphatic rings. The molecule has 0 saturated heterocycles. The topological polar surface area (TPSA) is 96.2 Å². The second kappa shape index (κ2) is 6.28. The van der Waals surface area contributed by atoms with E-state index in [1.165, 1.54) is 24.3 Å². The first kappa shape index (κ1) is 18.3. The minimum Gasteiger partial charge on any atom is -0.508 e. The maximum absolute atomic E-state index is 13.3. The average Bonchev–Trinajstić information content (AvgIpc) is 3.07. The van der Waals surface area contributed by atoms with Crippen LogP contribution in [0.2, 0.25) is 0 Å². The van der Waals surface area contributed by atoms with Crippen molar-refractivity contribution in [3.05, 3.63) is 101 Å². The Labute approximate surface area is 182 Å². The molecule has 0 aliphatic carbocycles. The van der Waals surface area contributed by atoms with Gasteiger partial charge in [-0.2, -0.15) is 0 Å². The highest BCUT2D eigenvalue weighted by Crippen LogP contribution is 2.57. The molecule has 4 aromatic rings. The molecule has 6 rings (SSSR count). The predicted molar refractivity (Wildman–Crippen MR) is 115 cm³/mol. The maximum atomic E-state index is 13.3. The Morgan fingerprint density at radius 1 is 0.656 bits per heavy atom. The number of phenols is 3. The molecule has 0 fully saturated rings. The Morgan fingerprint density at radius 3 is 1.88 bits per heavy atom. The van der Waals surface area contributed by atoms with Crippen molar-refractivity contribution in [3.8, 4) is 39.9 Å². The molecular formula is C26H16O6. The van der Waals surface area contributed by atoms with E-state index >= 15 is 0 Å². The number of carbonyl (C=O) groups is 1. The third-order valence-corrected chi connectivity index (χ3v) is 5.98. The molecule has 0 atom stereocenters. The van der Waals surface area contributed by atoms with Gasteiger partial charge >= 0.3 is 5.97 Å². The molecule has 6 heteroatoms. The van der Waals surface area contributed by atoms with E-state index in [-0.39, 0.29) is 17.2 Å². The maximum Gasteiger partial charge on any atom is 0.340 e. The van der Waals surface area contributed by atoms with E-state index in [1.807, 2.05) is 18.2 Å². The lowest BCUT2D eigenvalue weighted by Gasteiger charge is -2.36. The van der Waals surface area contributed by atoms with Crippen molar-refractivity contribution in [1.29, 1.82) is 0 Å². The summed E-state index contributed by atoms with van der Waals surface area (Å²) < 4.78 is 12.1. The number of carbonyl (C=O) groups excluding carboxylic acids is 1. The van der Waals surface area contributed by atoms with Crippen LogP contribution in [0.3, 0.4) is 0 Å². The summed E-state index contributed by atoms with van der Waals surface area (Å²) in [5, 5.41) is 29.7. The van der Waals surface area contributed by atoms with Crippen molar-refractivity contribution in [1.82, 2.24) is 0 Å². The van der Waals surface area contributed by atoms with E-state index in [4.69, 9.17) is 9.47 Å². The highest BCUT2D eigenvalue weighted by atomic mass is 16.6. The number of rotatable bonds is 1. The molecule has 0 radical (unpaired) electrons.